The van der Waals surface area contributed by atoms with Crippen LogP contribution in [0.3, 0.4) is 0 Å². The maximum atomic E-state index is 12.5. The van der Waals surface area contributed by atoms with E-state index in [1.165, 1.54) is 23.9 Å². The van der Waals surface area contributed by atoms with E-state index in [2.05, 4.69) is 16.0 Å². The number of non-ortho nitro benzene ring substituents is 1. The van der Waals surface area contributed by atoms with Gasteiger partial charge in [-0.25, -0.2) is 0 Å². The van der Waals surface area contributed by atoms with Crippen LogP contribution in [-0.2, 0) is 10.5 Å². The molecule has 164 valence electrons. The number of hydrogen-bond donors (Lipinski definition) is 4. The normalized spacial score (nSPS) is 20.6. The fraction of sp³-hybridized carbons (Fsp3) is 0.300. The van der Waals surface area contributed by atoms with Crippen molar-refractivity contribution in [3.63, 3.8) is 0 Å². The third-order valence-electron chi connectivity index (χ3n) is 4.51. The van der Waals surface area contributed by atoms with Gasteiger partial charge in [0.1, 0.15) is 17.3 Å². The molecule has 1 aliphatic rings. The maximum Gasteiger partial charge on any atom is 0.269 e. The van der Waals surface area contributed by atoms with Gasteiger partial charge in [-0.1, -0.05) is 12.1 Å². The van der Waals surface area contributed by atoms with Crippen LogP contribution in [0.2, 0.25) is 0 Å². The predicted molar refractivity (Wildman–Crippen MR) is 116 cm³/mol. The summed E-state index contributed by atoms with van der Waals surface area (Å²) < 4.78 is 5.35. The van der Waals surface area contributed by atoms with Crippen LogP contribution in [0.5, 0.6) is 5.75 Å². The largest absolute Gasteiger partial charge is 0.494 e. The lowest BCUT2D eigenvalue weighted by atomic mass is 10.1. The van der Waals surface area contributed by atoms with Gasteiger partial charge in [-0.15, -0.1) is 11.8 Å². The van der Waals surface area contributed by atoms with Crippen LogP contribution in [0.15, 0.2) is 48.5 Å². The molecule has 11 heteroatoms. The molecule has 1 fully saturated rings. The third-order valence-corrected chi connectivity index (χ3v) is 5.60. The number of ether oxygens (including phenoxy) is 1. The first-order chi connectivity index (χ1) is 14.9. The fourth-order valence-corrected chi connectivity index (χ4v) is 3.96. The van der Waals surface area contributed by atoms with Gasteiger partial charge in [-0.3, -0.25) is 25.0 Å². The van der Waals surface area contributed by atoms with Crippen LogP contribution < -0.4 is 26.4 Å². The zero-order valence-corrected chi connectivity index (χ0v) is 17.6. The predicted octanol–water partition coefficient (Wildman–Crippen LogP) is 1.31. The second-order valence-electron chi connectivity index (χ2n) is 6.73. The van der Waals surface area contributed by atoms with E-state index in [4.69, 9.17) is 10.5 Å². The first-order valence-corrected chi connectivity index (χ1v) is 10.6. The molecule has 3 rings (SSSR count). The highest BCUT2D eigenvalue weighted by molar-refractivity contribution is 7.99. The lowest BCUT2D eigenvalue weighted by Gasteiger charge is -2.35. The van der Waals surface area contributed by atoms with Crippen molar-refractivity contribution in [3.05, 3.63) is 69.8 Å². The number of nitrogens with two attached hydrogens (primary N) is 1. The molecular weight excluding hydrogens is 422 g/mol. The second-order valence-corrected chi connectivity index (χ2v) is 7.82. The minimum atomic E-state index is -0.950. The zero-order valence-electron chi connectivity index (χ0n) is 16.7. The van der Waals surface area contributed by atoms with Crippen molar-refractivity contribution in [2.24, 2.45) is 5.73 Å². The number of thioether (sulfide) groups is 1. The van der Waals surface area contributed by atoms with Crippen LogP contribution >= 0.6 is 11.8 Å². The zero-order chi connectivity index (χ0) is 22.4. The highest BCUT2D eigenvalue weighted by Gasteiger charge is 2.35. The Hall–Kier alpha value is -3.15. The van der Waals surface area contributed by atoms with Gasteiger partial charge in [0.15, 0.2) is 0 Å². The molecule has 0 aromatic heterocycles. The Morgan fingerprint density at radius 3 is 2.68 bits per heavy atom. The molecule has 2 amide bonds. The van der Waals surface area contributed by atoms with E-state index in [1.807, 2.05) is 6.92 Å². The molecule has 0 radical (unpaired) electrons. The minimum absolute atomic E-state index is 0.00695. The summed E-state index contributed by atoms with van der Waals surface area (Å²) in [4.78, 5) is 35.4. The summed E-state index contributed by atoms with van der Waals surface area (Å²) in [5, 5.41) is 19.3. The van der Waals surface area contributed by atoms with Crippen molar-refractivity contribution >= 4 is 29.3 Å². The van der Waals surface area contributed by atoms with Crippen molar-refractivity contribution in [1.29, 1.82) is 0 Å². The topological polar surface area (TPSA) is 149 Å². The van der Waals surface area contributed by atoms with Crippen LogP contribution in [0.1, 0.15) is 22.8 Å². The van der Waals surface area contributed by atoms with Crippen LogP contribution in [0.25, 0.3) is 0 Å². The summed E-state index contributed by atoms with van der Waals surface area (Å²) in [6.07, 6.45) is -0.803. The number of amides is 2. The maximum absolute atomic E-state index is 12.5. The lowest BCUT2D eigenvalue weighted by molar-refractivity contribution is -0.384. The molecule has 1 aliphatic heterocycles. The molecule has 10 nitrogen and oxygen atoms in total. The Balaban J connectivity index is 1.54. The summed E-state index contributed by atoms with van der Waals surface area (Å²) in [6.45, 7) is 2.39. The molecule has 0 saturated carbocycles. The summed E-state index contributed by atoms with van der Waals surface area (Å²) in [5.41, 5.74) is 6.71. The molecule has 2 aromatic rings. The Bertz CT molecular complexity index is 955. The van der Waals surface area contributed by atoms with Crippen LogP contribution in [-0.4, -0.2) is 41.0 Å². The molecule has 1 heterocycles. The Labute approximate surface area is 183 Å². The molecule has 3 unspecified atom stereocenters. The van der Waals surface area contributed by atoms with E-state index >= 15 is 0 Å². The molecule has 0 bridgehead atoms. The van der Waals surface area contributed by atoms with Crippen LogP contribution in [0, 0.1) is 10.1 Å². The van der Waals surface area contributed by atoms with Gasteiger partial charge in [0, 0.05) is 23.4 Å². The molecule has 5 N–H and O–H groups in total. The molecule has 0 aliphatic carbocycles. The summed E-state index contributed by atoms with van der Waals surface area (Å²) in [6, 6.07) is 11.9. The number of carbonyl (C=O) groups excluding carboxylic acids is 2. The molecule has 1 saturated heterocycles. The number of carbonyl (C=O) groups is 2. The summed E-state index contributed by atoms with van der Waals surface area (Å²) in [7, 11) is 0. The number of nitrogens with one attached hydrogen (secondary N) is 3. The third kappa shape index (κ3) is 5.94. The fourth-order valence-electron chi connectivity index (χ4n) is 2.97. The van der Waals surface area contributed by atoms with Crippen molar-refractivity contribution in [2.45, 2.75) is 30.4 Å². The first kappa shape index (κ1) is 22.5. The Kier molecular flexibility index (Phi) is 7.45. The van der Waals surface area contributed by atoms with Crippen molar-refractivity contribution in [1.82, 2.24) is 16.0 Å². The quantitative estimate of drug-likeness (QED) is 0.351. The molecular formula is C20H23N5O5S. The number of nitro benzene ring substituents is 1. The molecule has 2 aromatic carbocycles. The van der Waals surface area contributed by atoms with E-state index in [-0.39, 0.29) is 5.69 Å². The summed E-state index contributed by atoms with van der Waals surface area (Å²) in [5.74, 6) is 0.233. The average molecular weight is 446 g/mol. The van der Waals surface area contributed by atoms with Crippen LogP contribution in [0.4, 0.5) is 5.69 Å². The first-order valence-electron chi connectivity index (χ1n) is 9.58. The van der Waals surface area contributed by atoms with E-state index in [0.717, 1.165) is 5.56 Å². The van der Waals surface area contributed by atoms with Crippen molar-refractivity contribution in [3.8, 4) is 5.75 Å². The smallest absolute Gasteiger partial charge is 0.269 e. The van der Waals surface area contributed by atoms with E-state index in [9.17, 15) is 19.7 Å². The van der Waals surface area contributed by atoms with Crippen molar-refractivity contribution < 1.29 is 19.2 Å². The van der Waals surface area contributed by atoms with Gasteiger partial charge in [0.25, 0.3) is 11.6 Å². The molecule has 0 spiro atoms. The number of hydrogen-bond acceptors (Lipinski definition) is 8. The van der Waals surface area contributed by atoms with Gasteiger partial charge in [0.05, 0.1) is 17.7 Å². The minimum Gasteiger partial charge on any atom is -0.494 e. The average Bonchev–Trinajstić information content (AvgIpc) is 2.75. The summed E-state index contributed by atoms with van der Waals surface area (Å²) >= 11 is 1.33. The Morgan fingerprint density at radius 2 is 2.03 bits per heavy atom. The molecule has 31 heavy (non-hydrogen) atoms. The van der Waals surface area contributed by atoms with E-state index in [1.54, 1.807) is 36.4 Å². The number of rotatable bonds is 8. The van der Waals surface area contributed by atoms with E-state index < -0.39 is 34.4 Å². The highest BCUT2D eigenvalue weighted by atomic mass is 32.2. The highest BCUT2D eigenvalue weighted by Crippen LogP contribution is 2.21. The lowest BCUT2D eigenvalue weighted by Crippen LogP contribution is -2.70. The standard InChI is InChI=1S/C20H23N5O5S/c1-2-30-15-8-6-13(7-9-15)18(26)22-16-17(21)23-20(24-19(16)27)31-11-12-4-3-5-14(10-12)25(28)29/h3-10,16-17,20,23H,2,11,21H2,1H3,(H,22,26)(H,24,27). The number of nitrogens with zero attached hydrogens (tertiary/aromatic N) is 1. The monoisotopic (exact) mass is 445 g/mol. The van der Waals surface area contributed by atoms with Gasteiger partial charge >= 0.3 is 0 Å². The van der Waals surface area contributed by atoms with Gasteiger partial charge in [-0.05, 0) is 36.8 Å². The number of benzene rings is 2. The second kappa shape index (κ2) is 10.2. The van der Waals surface area contributed by atoms with Gasteiger partial charge in [-0.2, -0.15) is 0 Å². The number of nitro groups is 1. The van der Waals surface area contributed by atoms with Crippen molar-refractivity contribution in [2.75, 3.05) is 6.61 Å². The van der Waals surface area contributed by atoms with E-state index in [0.29, 0.717) is 23.7 Å². The Morgan fingerprint density at radius 1 is 1.29 bits per heavy atom. The molecule has 3 atom stereocenters. The van der Waals surface area contributed by atoms with Gasteiger partial charge in [0.2, 0.25) is 5.91 Å². The van der Waals surface area contributed by atoms with Gasteiger partial charge < -0.3 is 21.1 Å². The SMILES string of the molecule is CCOc1ccc(C(=O)NC2C(=O)NC(SCc3cccc([N+](=O)[O-])c3)NC2N)cc1.